The number of para-hydroxylation sites is 2. The molecule has 1 aromatic heterocycles. The highest BCUT2D eigenvalue weighted by Gasteiger charge is 2.21. The molecule has 0 saturated heterocycles. The van der Waals surface area contributed by atoms with Crippen molar-refractivity contribution in [3.63, 3.8) is 0 Å². The summed E-state index contributed by atoms with van der Waals surface area (Å²) in [7, 11) is 0. The predicted molar refractivity (Wildman–Crippen MR) is 204 cm³/mol. The van der Waals surface area contributed by atoms with Gasteiger partial charge in [-0.3, -0.25) is 0 Å². The molecule has 48 heavy (non-hydrogen) atoms. The fourth-order valence-electron chi connectivity index (χ4n) is 7.63. The van der Waals surface area contributed by atoms with E-state index in [1.54, 1.807) is 0 Å². The van der Waals surface area contributed by atoms with Gasteiger partial charge >= 0.3 is 0 Å². The summed E-state index contributed by atoms with van der Waals surface area (Å²) in [6.45, 7) is 0. The first-order valence-corrected chi connectivity index (χ1v) is 16.4. The molecule has 0 unspecified atom stereocenters. The van der Waals surface area contributed by atoms with Crippen molar-refractivity contribution in [1.29, 1.82) is 0 Å². The third-order valence-corrected chi connectivity index (χ3v) is 9.83. The standard InChI is InChI=1S/C46H29NO/c1-3-13-35-30(10-1)12-7-16-36(35)32-24-27-34(28-25-32)47(43-20-9-18-41-39-15-5-6-21-44(39)48-46(41)43)42-19-8-17-40-38(42)29-26-33-23-22-31-11-2-4-14-37(31)45(33)40/h1-29H. The van der Waals surface area contributed by atoms with Crippen molar-refractivity contribution < 1.29 is 4.42 Å². The Kier molecular flexibility index (Phi) is 5.91. The molecule has 0 radical (unpaired) electrons. The Morgan fingerprint density at radius 1 is 0.354 bits per heavy atom. The molecule has 0 fully saturated rings. The highest BCUT2D eigenvalue weighted by atomic mass is 16.3. The van der Waals surface area contributed by atoms with Crippen LogP contribution in [0, 0.1) is 0 Å². The van der Waals surface area contributed by atoms with Gasteiger partial charge in [0.05, 0.1) is 11.4 Å². The van der Waals surface area contributed by atoms with E-state index in [1.807, 2.05) is 6.07 Å². The van der Waals surface area contributed by atoms with Crippen LogP contribution in [0.4, 0.5) is 17.1 Å². The zero-order valence-corrected chi connectivity index (χ0v) is 26.1. The van der Waals surface area contributed by atoms with Crippen LogP contribution in [0.3, 0.4) is 0 Å². The summed E-state index contributed by atoms with van der Waals surface area (Å²) in [5.41, 5.74) is 7.36. The first-order chi connectivity index (χ1) is 23.8. The third kappa shape index (κ3) is 4.06. The number of fused-ring (bicyclic) bond motifs is 9. The number of nitrogens with zero attached hydrogens (tertiary/aromatic N) is 1. The van der Waals surface area contributed by atoms with Gasteiger partial charge in [0.15, 0.2) is 5.58 Å². The number of anilines is 3. The Labute approximate surface area is 277 Å². The Hall–Kier alpha value is -6.38. The number of hydrogen-bond acceptors (Lipinski definition) is 2. The summed E-state index contributed by atoms with van der Waals surface area (Å²) in [5, 5.41) is 12.2. The molecule has 0 atom stereocenters. The van der Waals surface area contributed by atoms with Gasteiger partial charge in [-0.05, 0) is 79.2 Å². The third-order valence-electron chi connectivity index (χ3n) is 9.83. The van der Waals surface area contributed by atoms with E-state index in [2.05, 4.69) is 175 Å². The van der Waals surface area contributed by atoms with Gasteiger partial charge in [-0.2, -0.15) is 0 Å². The lowest BCUT2D eigenvalue weighted by Gasteiger charge is -2.27. The molecule has 9 aromatic carbocycles. The van der Waals surface area contributed by atoms with Crippen LogP contribution in [0.2, 0.25) is 0 Å². The fraction of sp³-hybridized carbons (Fsp3) is 0. The molecule has 0 spiro atoms. The largest absolute Gasteiger partial charge is 0.454 e. The van der Waals surface area contributed by atoms with Crippen LogP contribution < -0.4 is 4.90 Å². The highest BCUT2D eigenvalue weighted by Crippen LogP contribution is 2.46. The van der Waals surface area contributed by atoms with Gasteiger partial charge in [-0.1, -0.05) is 146 Å². The number of rotatable bonds is 4. The van der Waals surface area contributed by atoms with E-state index >= 15 is 0 Å². The minimum absolute atomic E-state index is 0.875. The van der Waals surface area contributed by atoms with Crippen LogP contribution in [-0.4, -0.2) is 0 Å². The SMILES string of the molecule is c1ccc2c(-c3ccc(N(c4cccc5c4ccc4ccc6ccccc6c45)c4cccc5c4oc4ccccc45)cc3)cccc2c1. The predicted octanol–water partition coefficient (Wildman–Crippen LogP) is 13.3. The molecular formula is C46H29NO. The first kappa shape index (κ1) is 26.8. The molecule has 0 bridgehead atoms. The molecule has 2 heteroatoms. The average molecular weight is 612 g/mol. The Bertz CT molecular complexity index is 2840. The van der Waals surface area contributed by atoms with Crippen molar-refractivity contribution in [2.45, 2.75) is 0 Å². The van der Waals surface area contributed by atoms with Crippen LogP contribution in [0.1, 0.15) is 0 Å². The summed E-state index contributed by atoms with van der Waals surface area (Å²) in [5.74, 6) is 0. The molecule has 0 N–H and O–H groups in total. The summed E-state index contributed by atoms with van der Waals surface area (Å²) in [6, 6.07) is 63.3. The number of hydrogen-bond donors (Lipinski definition) is 0. The van der Waals surface area contributed by atoms with E-state index in [-0.39, 0.29) is 0 Å². The quantitative estimate of drug-likeness (QED) is 0.184. The van der Waals surface area contributed by atoms with Gasteiger partial charge < -0.3 is 9.32 Å². The highest BCUT2D eigenvalue weighted by molar-refractivity contribution is 6.23. The molecule has 0 aliphatic carbocycles. The monoisotopic (exact) mass is 611 g/mol. The molecule has 0 saturated carbocycles. The van der Waals surface area contributed by atoms with E-state index in [0.717, 1.165) is 39.0 Å². The lowest BCUT2D eigenvalue weighted by molar-refractivity contribution is 0.669. The van der Waals surface area contributed by atoms with Crippen LogP contribution in [0.25, 0.3) is 76.2 Å². The number of benzene rings is 9. The van der Waals surface area contributed by atoms with Crippen molar-refractivity contribution in [3.05, 3.63) is 176 Å². The maximum atomic E-state index is 6.65. The van der Waals surface area contributed by atoms with Crippen LogP contribution >= 0.6 is 0 Å². The minimum Gasteiger partial charge on any atom is -0.454 e. The smallest absolute Gasteiger partial charge is 0.159 e. The van der Waals surface area contributed by atoms with Gasteiger partial charge in [0.1, 0.15) is 5.58 Å². The molecule has 0 aliphatic rings. The van der Waals surface area contributed by atoms with Gasteiger partial charge in [0, 0.05) is 21.8 Å². The molecule has 0 amide bonds. The lowest BCUT2D eigenvalue weighted by Crippen LogP contribution is -2.10. The Balaban J connectivity index is 1.24. The topological polar surface area (TPSA) is 16.4 Å². The summed E-state index contributed by atoms with van der Waals surface area (Å²) in [4.78, 5) is 2.37. The van der Waals surface area contributed by atoms with E-state index in [1.165, 1.54) is 54.2 Å². The molecular weight excluding hydrogens is 583 g/mol. The Morgan fingerprint density at radius 3 is 1.81 bits per heavy atom. The fourth-order valence-corrected chi connectivity index (χ4v) is 7.63. The molecule has 10 aromatic rings. The minimum atomic E-state index is 0.875. The van der Waals surface area contributed by atoms with Crippen molar-refractivity contribution in [1.82, 2.24) is 0 Å². The van der Waals surface area contributed by atoms with Crippen molar-refractivity contribution >= 4 is 82.1 Å². The zero-order chi connectivity index (χ0) is 31.6. The Morgan fingerprint density at radius 2 is 0.958 bits per heavy atom. The van der Waals surface area contributed by atoms with Crippen molar-refractivity contribution in [2.24, 2.45) is 0 Å². The zero-order valence-electron chi connectivity index (χ0n) is 26.1. The van der Waals surface area contributed by atoms with Crippen LogP contribution in [-0.2, 0) is 0 Å². The molecule has 1 heterocycles. The van der Waals surface area contributed by atoms with Crippen LogP contribution in [0.15, 0.2) is 180 Å². The van der Waals surface area contributed by atoms with E-state index in [0.29, 0.717) is 0 Å². The maximum Gasteiger partial charge on any atom is 0.159 e. The average Bonchev–Trinajstić information content (AvgIpc) is 3.54. The molecule has 10 rings (SSSR count). The van der Waals surface area contributed by atoms with Crippen LogP contribution in [0.5, 0.6) is 0 Å². The first-order valence-electron chi connectivity index (χ1n) is 16.4. The number of furan rings is 1. The van der Waals surface area contributed by atoms with E-state index < -0.39 is 0 Å². The summed E-state index contributed by atoms with van der Waals surface area (Å²) in [6.07, 6.45) is 0. The van der Waals surface area contributed by atoms with Gasteiger partial charge in [0.2, 0.25) is 0 Å². The summed E-state index contributed by atoms with van der Waals surface area (Å²) >= 11 is 0. The second kappa shape index (κ2) is 10.6. The van der Waals surface area contributed by atoms with Gasteiger partial charge in [-0.15, -0.1) is 0 Å². The van der Waals surface area contributed by atoms with Crippen molar-refractivity contribution in [2.75, 3.05) is 4.90 Å². The molecule has 0 aliphatic heterocycles. The van der Waals surface area contributed by atoms with Gasteiger partial charge in [-0.25, -0.2) is 0 Å². The second-order valence-corrected chi connectivity index (χ2v) is 12.5. The lowest BCUT2D eigenvalue weighted by atomic mass is 9.95. The molecule has 2 nitrogen and oxygen atoms in total. The normalized spacial score (nSPS) is 11.8. The van der Waals surface area contributed by atoms with Gasteiger partial charge in [0.25, 0.3) is 0 Å². The maximum absolute atomic E-state index is 6.65. The van der Waals surface area contributed by atoms with E-state index in [9.17, 15) is 0 Å². The van der Waals surface area contributed by atoms with E-state index in [4.69, 9.17) is 4.42 Å². The van der Waals surface area contributed by atoms with Crippen molar-refractivity contribution in [3.8, 4) is 11.1 Å². The second-order valence-electron chi connectivity index (χ2n) is 12.5. The molecule has 224 valence electrons. The summed E-state index contributed by atoms with van der Waals surface area (Å²) < 4.78 is 6.65.